The standard InChI is InChI=1S/C17H28N2O2.2ClH/c1-4-18-7-9-19(10-8-18)12-16(20)13-21-17-6-5-14(2)15(3)11-17;;/h5-6,11,16,20H,4,7-10,12-13H2,1-3H3;2*1H. The molecule has 1 atom stereocenters. The van der Waals surface area contributed by atoms with Gasteiger partial charge in [0.25, 0.3) is 0 Å². The lowest BCUT2D eigenvalue weighted by molar-refractivity contribution is 0.0471. The van der Waals surface area contributed by atoms with Crippen LogP contribution in [0.3, 0.4) is 0 Å². The van der Waals surface area contributed by atoms with E-state index in [1.54, 1.807) is 0 Å². The molecule has 0 spiro atoms. The SMILES string of the molecule is CCN1CCN(CC(O)COc2ccc(C)c(C)c2)CC1.Cl.Cl. The van der Waals surface area contributed by atoms with Crippen LogP contribution in [-0.4, -0.2) is 66.9 Å². The summed E-state index contributed by atoms with van der Waals surface area (Å²) in [5.74, 6) is 0.841. The summed E-state index contributed by atoms with van der Waals surface area (Å²) in [6.45, 7) is 12.8. The fraction of sp³-hybridized carbons (Fsp3) is 0.647. The van der Waals surface area contributed by atoms with E-state index in [1.807, 2.05) is 12.1 Å². The Hall–Kier alpha value is -0.520. The maximum Gasteiger partial charge on any atom is 0.119 e. The minimum absolute atomic E-state index is 0. The lowest BCUT2D eigenvalue weighted by atomic mass is 10.1. The van der Waals surface area contributed by atoms with Gasteiger partial charge in [-0.1, -0.05) is 13.0 Å². The van der Waals surface area contributed by atoms with E-state index in [4.69, 9.17) is 4.74 Å². The van der Waals surface area contributed by atoms with E-state index in [-0.39, 0.29) is 24.8 Å². The predicted octanol–water partition coefficient (Wildman–Crippen LogP) is 2.52. The van der Waals surface area contributed by atoms with Gasteiger partial charge in [-0.3, -0.25) is 4.90 Å². The number of rotatable bonds is 6. The molecule has 23 heavy (non-hydrogen) atoms. The van der Waals surface area contributed by atoms with Crippen molar-refractivity contribution >= 4 is 24.8 Å². The number of benzene rings is 1. The fourth-order valence-corrected chi connectivity index (χ4v) is 2.63. The number of piperazine rings is 1. The molecule has 1 unspecified atom stereocenters. The highest BCUT2D eigenvalue weighted by Gasteiger charge is 2.18. The number of nitrogens with zero attached hydrogens (tertiary/aromatic N) is 2. The number of β-amino-alcohol motifs (C(OH)–C–C–N with tert-alkyl or cyclic N) is 1. The van der Waals surface area contributed by atoms with E-state index < -0.39 is 6.10 Å². The number of hydrogen-bond acceptors (Lipinski definition) is 4. The highest BCUT2D eigenvalue weighted by Crippen LogP contribution is 2.16. The zero-order chi connectivity index (χ0) is 15.2. The first-order chi connectivity index (χ1) is 10.1. The molecule has 0 bridgehead atoms. The monoisotopic (exact) mass is 364 g/mol. The third-order valence-electron chi connectivity index (χ3n) is 4.30. The van der Waals surface area contributed by atoms with Crippen molar-refractivity contribution in [3.8, 4) is 5.75 Å². The summed E-state index contributed by atoms with van der Waals surface area (Å²) < 4.78 is 5.70. The van der Waals surface area contributed by atoms with Crippen LogP contribution >= 0.6 is 24.8 Å². The molecule has 134 valence electrons. The Balaban J connectivity index is 0.00000242. The Morgan fingerprint density at radius 1 is 1.04 bits per heavy atom. The molecule has 0 amide bonds. The molecule has 1 aromatic rings. The molecule has 1 aliphatic heterocycles. The van der Waals surface area contributed by atoms with E-state index in [2.05, 4.69) is 36.6 Å². The summed E-state index contributed by atoms with van der Waals surface area (Å²) >= 11 is 0. The van der Waals surface area contributed by atoms with Gasteiger partial charge >= 0.3 is 0 Å². The Kier molecular flexibility index (Phi) is 10.9. The minimum atomic E-state index is -0.431. The molecule has 1 aliphatic rings. The van der Waals surface area contributed by atoms with Crippen LogP contribution in [-0.2, 0) is 0 Å². The Morgan fingerprint density at radius 2 is 1.65 bits per heavy atom. The number of aliphatic hydroxyl groups is 1. The predicted molar refractivity (Wildman–Crippen MR) is 100 cm³/mol. The summed E-state index contributed by atoms with van der Waals surface area (Å²) in [6.07, 6.45) is -0.431. The lowest BCUT2D eigenvalue weighted by Gasteiger charge is -2.34. The van der Waals surface area contributed by atoms with Gasteiger partial charge in [0.1, 0.15) is 18.5 Å². The Bertz CT molecular complexity index is 452. The van der Waals surface area contributed by atoms with Crippen LogP contribution < -0.4 is 4.74 Å². The molecular weight excluding hydrogens is 335 g/mol. The third kappa shape index (κ3) is 7.27. The first-order valence-corrected chi connectivity index (χ1v) is 7.91. The van der Waals surface area contributed by atoms with Crippen LogP contribution in [0.25, 0.3) is 0 Å². The van der Waals surface area contributed by atoms with Crippen molar-refractivity contribution in [2.75, 3.05) is 45.9 Å². The van der Waals surface area contributed by atoms with Crippen LogP contribution in [0.1, 0.15) is 18.1 Å². The second-order valence-electron chi connectivity index (χ2n) is 5.95. The topological polar surface area (TPSA) is 35.9 Å². The number of hydrogen-bond donors (Lipinski definition) is 1. The van der Waals surface area contributed by atoms with Crippen molar-refractivity contribution in [2.24, 2.45) is 0 Å². The van der Waals surface area contributed by atoms with Gasteiger partial charge in [-0.15, -0.1) is 24.8 Å². The minimum Gasteiger partial charge on any atom is -0.491 e. The first kappa shape index (κ1) is 22.5. The van der Waals surface area contributed by atoms with Crippen molar-refractivity contribution in [2.45, 2.75) is 26.9 Å². The van der Waals surface area contributed by atoms with E-state index >= 15 is 0 Å². The third-order valence-corrected chi connectivity index (χ3v) is 4.30. The van der Waals surface area contributed by atoms with Crippen molar-refractivity contribution in [3.63, 3.8) is 0 Å². The molecule has 0 saturated carbocycles. The maximum absolute atomic E-state index is 10.1. The van der Waals surface area contributed by atoms with Crippen molar-refractivity contribution in [1.82, 2.24) is 9.80 Å². The Labute approximate surface area is 152 Å². The normalized spacial score (nSPS) is 17.0. The number of aliphatic hydroxyl groups excluding tert-OH is 1. The van der Waals surface area contributed by atoms with E-state index in [0.717, 1.165) is 38.5 Å². The zero-order valence-electron chi connectivity index (χ0n) is 14.3. The van der Waals surface area contributed by atoms with Crippen LogP contribution in [0, 0.1) is 13.8 Å². The molecule has 2 rings (SSSR count). The zero-order valence-corrected chi connectivity index (χ0v) is 16.0. The molecule has 1 fully saturated rings. The summed E-state index contributed by atoms with van der Waals surface area (Å²) in [7, 11) is 0. The maximum atomic E-state index is 10.1. The van der Waals surface area contributed by atoms with Crippen LogP contribution in [0.2, 0.25) is 0 Å². The summed E-state index contributed by atoms with van der Waals surface area (Å²) in [4.78, 5) is 4.76. The summed E-state index contributed by atoms with van der Waals surface area (Å²) in [5.41, 5.74) is 2.48. The van der Waals surface area contributed by atoms with Gasteiger partial charge in [0.05, 0.1) is 0 Å². The number of likely N-dealkylation sites (N-methyl/N-ethyl adjacent to an activating group) is 1. The van der Waals surface area contributed by atoms with Crippen molar-refractivity contribution in [1.29, 1.82) is 0 Å². The molecule has 4 nitrogen and oxygen atoms in total. The molecule has 1 saturated heterocycles. The summed E-state index contributed by atoms with van der Waals surface area (Å²) in [6, 6.07) is 6.05. The van der Waals surface area contributed by atoms with Gasteiger partial charge in [0, 0.05) is 32.7 Å². The van der Waals surface area contributed by atoms with Gasteiger partial charge < -0.3 is 14.7 Å². The molecule has 0 aromatic heterocycles. The van der Waals surface area contributed by atoms with E-state index in [0.29, 0.717) is 13.2 Å². The molecule has 1 N–H and O–H groups in total. The highest BCUT2D eigenvalue weighted by atomic mass is 35.5. The summed E-state index contributed by atoms with van der Waals surface area (Å²) in [5, 5.41) is 10.1. The van der Waals surface area contributed by atoms with Gasteiger partial charge in [-0.05, 0) is 43.7 Å². The molecule has 6 heteroatoms. The van der Waals surface area contributed by atoms with Gasteiger partial charge in [-0.2, -0.15) is 0 Å². The average Bonchev–Trinajstić information content (AvgIpc) is 2.49. The quantitative estimate of drug-likeness (QED) is 0.841. The van der Waals surface area contributed by atoms with Crippen LogP contribution in [0.5, 0.6) is 5.75 Å². The average molecular weight is 365 g/mol. The lowest BCUT2D eigenvalue weighted by Crippen LogP contribution is -2.49. The second kappa shape index (κ2) is 11.1. The van der Waals surface area contributed by atoms with Gasteiger partial charge in [0.15, 0.2) is 0 Å². The molecule has 1 heterocycles. The molecular formula is C17H30Cl2N2O2. The number of halogens is 2. The van der Waals surface area contributed by atoms with Crippen molar-refractivity contribution in [3.05, 3.63) is 29.3 Å². The van der Waals surface area contributed by atoms with Crippen LogP contribution in [0.4, 0.5) is 0 Å². The molecule has 0 radical (unpaired) electrons. The smallest absolute Gasteiger partial charge is 0.119 e. The number of ether oxygens (including phenoxy) is 1. The van der Waals surface area contributed by atoms with E-state index in [1.165, 1.54) is 11.1 Å². The first-order valence-electron chi connectivity index (χ1n) is 7.91. The largest absolute Gasteiger partial charge is 0.491 e. The Morgan fingerprint density at radius 3 is 2.22 bits per heavy atom. The van der Waals surface area contributed by atoms with Gasteiger partial charge in [0.2, 0.25) is 0 Å². The van der Waals surface area contributed by atoms with Crippen molar-refractivity contribution < 1.29 is 9.84 Å². The second-order valence-corrected chi connectivity index (χ2v) is 5.95. The fourth-order valence-electron chi connectivity index (χ4n) is 2.63. The highest BCUT2D eigenvalue weighted by molar-refractivity contribution is 5.85. The van der Waals surface area contributed by atoms with E-state index in [9.17, 15) is 5.11 Å². The van der Waals surface area contributed by atoms with Gasteiger partial charge in [-0.25, -0.2) is 0 Å². The number of aryl methyl sites for hydroxylation is 2. The molecule has 1 aromatic carbocycles. The van der Waals surface area contributed by atoms with Crippen LogP contribution in [0.15, 0.2) is 18.2 Å². The molecule has 0 aliphatic carbocycles.